The van der Waals surface area contributed by atoms with Crippen molar-refractivity contribution in [1.82, 2.24) is 14.8 Å². The van der Waals surface area contributed by atoms with Crippen LogP contribution in [-0.2, 0) is 6.54 Å². The summed E-state index contributed by atoms with van der Waals surface area (Å²) in [4.78, 5) is 23.5. The molecular formula is C20H26N4O2. The molecule has 2 aromatic rings. The fourth-order valence-electron chi connectivity index (χ4n) is 3.13. The van der Waals surface area contributed by atoms with Crippen LogP contribution < -0.4 is 9.64 Å². The number of pyridine rings is 1. The number of hydrogen-bond donors (Lipinski definition) is 0. The van der Waals surface area contributed by atoms with Gasteiger partial charge in [-0.2, -0.15) is 0 Å². The molecule has 1 aliphatic rings. The summed E-state index contributed by atoms with van der Waals surface area (Å²) in [5, 5.41) is 0. The van der Waals surface area contributed by atoms with Crippen molar-refractivity contribution in [3.63, 3.8) is 0 Å². The van der Waals surface area contributed by atoms with Crippen LogP contribution in [0.5, 0.6) is 5.75 Å². The Morgan fingerprint density at radius 2 is 1.85 bits per heavy atom. The predicted molar refractivity (Wildman–Crippen MR) is 103 cm³/mol. The van der Waals surface area contributed by atoms with Gasteiger partial charge in [-0.15, -0.1) is 0 Å². The van der Waals surface area contributed by atoms with Crippen LogP contribution in [0.1, 0.15) is 15.9 Å². The lowest BCUT2D eigenvalue weighted by atomic mass is 10.1. The van der Waals surface area contributed by atoms with Gasteiger partial charge in [0.25, 0.3) is 5.91 Å². The van der Waals surface area contributed by atoms with Crippen molar-refractivity contribution in [2.45, 2.75) is 6.54 Å². The molecule has 0 bridgehead atoms. The molecule has 1 aromatic heterocycles. The molecule has 0 N–H and O–H groups in total. The SMILES string of the molecule is COc1ccccc1C(=O)N1CCN(Cc2ccc(N(C)C)nc2)CC1. The van der Waals surface area contributed by atoms with Crippen LogP contribution in [0.25, 0.3) is 0 Å². The van der Waals surface area contributed by atoms with E-state index in [-0.39, 0.29) is 5.91 Å². The number of para-hydroxylation sites is 1. The highest BCUT2D eigenvalue weighted by Gasteiger charge is 2.24. The lowest BCUT2D eigenvalue weighted by molar-refractivity contribution is 0.0625. The molecule has 2 heterocycles. The van der Waals surface area contributed by atoms with E-state index in [4.69, 9.17) is 4.74 Å². The third kappa shape index (κ3) is 4.14. The fraction of sp³-hybridized carbons (Fsp3) is 0.400. The average Bonchev–Trinajstić information content (AvgIpc) is 2.68. The zero-order valence-electron chi connectivity index (χ0n) is 15.7. The van der Waals surface area contributed by atoms with Crippen molar-refractivity contribution >= 4 is 11.7 Å². The van der Waals surface area contributed by atoms with Crippen LogP contribution in [0, 0.1) is 0 Å². The zero-order valence-corrected chi connectivity index (χ0v) is 15.7. The van der Waals surface area contributed by atoms with Crippen molar-refractivity contribution in [2.75, 3.05) is 52.3 Å². The number of benzene rings is 1. The minimum atomic E-state index is 0.0408. The molecule has 138 valence electrons. The lowest BCUT2D eigenvalue weighted by Crippen LogP contribution is -2.48. The maximum Gasteiger partial charge on any atom is 0.257 e. The quantitative estimate of drug-likeness (QED) is 0.823. The summed E-state index contributed by atoms with van der Waals surface area (Å²) in [7, 11) is 5.57. The molecule has 0 spiro atoms. The Morgan fingerprint density at radius 3 is 2.46 bits per heavy atom. The van der Waals surface area contributed by atoms with E-state index in [1.807, 2.05) is 60.4 Å². The first-order valence-electron chi connectivity index (χ1n) is 8.85. The molecule has 3 rings (SSSR count). The van der Waals surface area contributed by atoms with Gasteiger partial charge in [0.15, 0.2) is 0 Å². The van der Waals surface area contributed by atoms with Crippen molar-refractivity contribution in [1.29, 1.82) is 0 Å². The van der Waals surface area contributed by atoms with Crippen LogP contribution in [0.3, 0.4) is 0 Å². The molecule has 1 saturated heterocycles. The van der Waals surface area contributed by atoms with E-state index in [0.29, 0.717) is 11.3 Å². The molecule has 0 atom stereocenters. The highest BCUT2D eigenvalue weighted by molar-refractivity contribution is 5.97. The Bertz CT molecular complexity index is 738. The number of ether oxygens (including phenoxy) is 1. The summed E-state index contributed by atoms with van der Waals surface area (Å²) in [5.41, 5.74) is 1.83. The Hall–Kier alpha value is -2.60. The molecular weight excluding hydrogens is 328 g/mol. The van der Waals surface area contributed by atoms with Crippen LogP contribution >= 0.6 is 0 Å². The van der Waals surface area contributed by atoms with Crippen molar-refractivity contribution < 1.29 is 9.53 Å². The molecule has 0 radical (unpaired) electrons. The summed E-state index contributed by atoms with van der Waals surface area (Å²) in [6, 6.07) is 11.6. The van der Waals surface area contributed by atoms with Gasteiger partial charge >= 0.3 is 0 Å². The van der Waals surface area contributed by atoms with Gasteiger partial charge in [0.1, 0.15) is 11.6 Å². The number of rotatable bonds is 5. The molecule has 6 heteroatoms. The molecule has 1 aromatic carbocycles. The van der Waals surface area contributed by atoms with Crippen LogP contribution in [0.2, 0.25) is 0 Å². The topological polar surface area (TPSA) is 48.9 Å². The molecule has 6 nitrogen and oxygen atoms in total. The van der Waals surface area contributed by atoms with E-state index >= 15 is 0 Å². The molecule has 0 unspecified atom stereocenters. The second kappa shape index (κ2) is 8.19. The Labute approximate surface area is 155 Å². The summed E-state index contributed by atoms with van der Waals surface area (Å²) >= 11 is 0. The predicted octanol–water partition coefficient (Wildman–Crippen LogP) is 2.11. The highest BCUT2D eigenvalue weighted by atomic mass is 16.5. The number of nitrogens with zero attached hydrogens (tertiary/aromatic N) is 4. The van der Waals surface area contributed by atoms with Gasteiger partial charge in [-0.1, -0.05) is 18.2 Å². The van der Waals surface area contributed by atoms with Crippen LogP contribution in [-0.4, -0.2) is 68.1 Å². The maximum absolute atomic E-state index is 12.8. The van der Waals surface area contributed by atoms with Gasteiger partial charge in [-0.25, -0.2) is 4.98 Å². The second-order valence-corrected chi connectivity index (χ2v) is 6.69. The molecule has 0 saturated carbocycles. The number of carbonyl (C=O) groups excluding carboxylic acids is 1. The van der Waals surface area contributed by atoms with E-state index in [0.717, 1.165) is 38.5 Å². The summed E-state index contributed by atoms with van der Waals surface area (Å²) in [6.07, 6.45) is 1.93. The number of anilines is 1. The highest BCUT2D eigenvalue weighted by Crippen LogP contribution is 2.20. The Morgan fingerprint density at radius 1 is 1.12 bits per heavy atom. The normalized spacial score (nSPS) is 15.0. The van der Waals surface area contributed by atoms with E-state index in [1.165, 1.54) is 5.56 Å². The van der Waals surface area contributed by atoms with Gasteiger partial charge in [0, 0.05) is 53.0 Å². The van der Waals surface area contributed by atoms with Crippen molar-refractivity contribution in [3.05, 3.63) is 53.7 Å². The van der Waals surface area contributed by atoms with E-state index in [1.54, 1.807) is 7.11 Å². The van der Waals surface area contributed by atoms with Gasteiger partial charge in [-0.05, 0) is 23.8 Å². The number of methoxy groups -OCH3 is 1. The second-order valence-electron chi connectivity index (χ2n) is 6.69. The standard InChI is InChI=1S/C20H26N4O2/c1-22(2)19-9-8-16(14-21-19)15-23-10-12-24(13-11-23)20(25)17-6-4-5-7-18(17)26-3/h4-9,14H,10-13,15H2,1-3H3. The van der Waals surface area contributed by atoms with E-state index < -0.39 is 0 Å². The van der Waals surface area contributed by atoms with Gasteiger partial charge < -0.3 is 14.5 Å². The van der Waals surface area contributed by atoms with Gasteiger partial charge in [0.2, 0.25) is 0 Å². The summed E-state index contributed by atoms with van der Waals surface area (Å²) in [5.74, 6) is 1.63. The first-order valence-corrected chi connectivity index (χ1v) is 8.85. The minimum absolute atomic E-state index is 0.0408. The Kier molecular flexibility index (Phi) is 5.73. The molecule has 1 fully saturated rings. The molecule has 0 aliphatic carbocycles. The van der Waals surface area contributed by atoms with Crippen molar-refractivity contribution in [2.24, 2.45) is 0 Å². The van der Waals surface area contributed by atoms with Gasteiger partial charge in [0.05, 0.1) is 12.7 Å². The number of amides is 1. The van der Waals surface area contributed by atoms with E-state index in [2.05, 4.69) is 16.0 Å². The molecule has 1 amide bonds. The maximum atomic E-state index is 12.8. The van der Waals surface area contributed by atoms with Crippen molar-refractivity contribution in [3.8, 4) is 5.75 Å². The fourth-order valence-corrected chi connectivity index (χ4v) is 3.13. The Balaban J connectivity index is 1.56. The molecule has 26 heavy (non-hydrogen) atoms. The summed E-state index contributed by atoms with van der Waals surface area (Å²) in [6.45, 7) is 4.02. The molecule has 1 aliphatic heterocycles. The van der Waals surface area contributed by atoms with Gasteiger partial charge in [-0.3, -0.25) is 9.69 Å². The van der Waals surface area contributed by atoms with Crippen LogP contribution in [0.15, 0.2) is 42.6 Å². The van der Waals surface area contributed by atoms with Crippen LogP contribution in [0.4, 0.5) is 5.82 Å². The first-order chi connectivity index (χ1) is 12.6. The number of hydrogen-bond acceptors (Lipinski definition) is 5. The number of carbonyl (C=O) groups is 1. The third-order valence-electron chi connectivity index (χ3n) is 4.67. The average molecular weight is 354 g/mol. The summed E-state index contributed by atoms with van der Waals surface area (Å²) < 4.78 is 5.32. The first kappa shape index (κ1) is 18.2. The number of aromatic nitrogens is 1. The lowest BCUT2D eigenvalue weighted by Gasteiger charge is -2.35. The largest absolute Gasteiger partial charge is 0.496 e. The third-order valence-corrected chi connectivity index (χ3v) is 4.67. The minimum Gasteiger partial charge on any atom is -0.496 e. The smallest absolute Gasteiger partial charge is 0.257 e. The monoisotopic (exact) mass is 354 g/mol. The number of piperazine rings is 1. The zero-order chi connectivity index (χ0) is 18.5. The van der Waals surface area contributed by atoms with E-state index in [9.17, 15) is 4.79 Å².